The number of amides is 3. The largest absolute Gasteiger partial charge is 0.510 e. The maximum Gasteiger partial charge on any atom is 0.260 e. The summed E-state index contributed by atoms with van der Waals surface area (Å²) < 4.78 is 12.3. The Bertz CT molecular complexity index is 1100. The van der Waals surface area contributed by atoms with Crippen LogP contribution in [-0.4, -0.2) is 77.6 Å². The Morgan fingerprint density at radius 2 is 1.69 bits per heavy atom. The van der Waals surface area contributed by atoms with Crippen molar-refractivity contribution in [1.82, 2.24) is 20.0 Å². The molecule has 0 atom stereocenters. The molecule has 0 radical (unpaired) electrons. The highest BCUT2D eigenvalue weighted by Gasteiger charge is 2.28. The molecule has 0 aromatic heterocycles. The van der Waals surface area contributed by atoms with Crippen LogP contribution < -0.4 is 5.32 Å². The summed E-state index contributed by atoms with van der Waals surface area (Å²) in [6.45, 7) is 4.78. The van der Waals surface area contributed by atoms with E-state index in [1.807, 2.05) is 37.3 Å². The number of benzene rings is 2. The summed E-state index contributed by atoms with van der Waals surface area (Å²) in [5.74, 6) is -1.16. The molecule has 2 aromatic carbocycles. The Morgan fingerprint density at radius 1 is 1.05 bits per heavy atom. The van der Waals surface area contributed by atoms with Crippen molar-refractivity contribution in [3.05, 3.63) is 82.9 Å². The smallest absolute Gasteiger partial charge is 0.260 e. The lowest BCUT2D eigenvalue weighted by Gasteiger charge is -2.28. The second-order valence-corrected chi connectivity index (χ2v) is 9.17. The third-order valence-corrected chi connectivity index (χ3v) is 6.30. The maximum absolute atomic E-state index is 12.9. The Hall–Kier alpha value is -4.05. The molecule has 1 aliphatic rings. The van der Waals surface area contributed by atoms with Crippen LogP contribution in [0, 0.1) is 11.2 Å². The van der Waals surface area contributed by atoms with E-state index in [-0.39, 0.29) is 36.1 Å². The molecule has 10 heteroatoms. The van der Waals surface area contributed by atoms with E-state index in [0.717, 1.165) is 48.4 Å². The molecule has 2 aromatic rings. The minimum absolute atomic E-state index is 0.113. The molecule has 3 amide bonds. The number of hydrogen-bond donors (Lipinski definition) is 3. The van der Waals surface area contributed by atoms with Crippen molar-refractivity contribution in [3.8, 4) is 0 Å². The van der Waals surface area contributed by atoms with Gasteiger partial charge in [0.25, 0.3) is 5.91 Å². The van der Waals surface area contributed by atoms with Crippen LogP contribution in [0.25, 0.3) is 0 Å². The van der Waals surface area contributed by atoms with E-state index in [1.54, 1.807) is 19.2 Å². The minimum atomic E-state index is -0.457. The number of nitrogens with zero attached hydrogens (tertiary/aromatic N) is 3. The monoisotopic (exact) mass is 539 g/mol. The normalized spacial score (nSPS) is 13.7. The summed E-state index contributed by atoms with van der Waals surface area (Å²) in [6.07, 6.45) is 4.41. The van der Waals surface area contributed by atoms with Gasteiger partial charge in [0.05, 0.1) is 13.1 Å². The Kier molecular flexibility index (Phi) is 13.4. The van der Waals surface area contributed by atoms with Gasteiger partial charge in [-0.1, -0.05) is 48.9 Å². The van der Waals surface area contributed by atoms with Crippen molar-refractivity contribution in [2.45, 2.75) is 39.3 Å². The fraction of sp³-hybridized carbons (Fsp3) is 0.379. The van der Waals surface area contributed by atoms with Crippen LogP contribution in [0.5, 0.6) is 0 Å². The first-order valence-corrected chi connectivity index (χ1v) is 13.0. The van der Waals surface area contributed by atoms with Crippen molar-refractivity contribution < 1.29 is 23.9 Å². The third-order valence-electron chi connectivity index (χ3n) is 6.30. The van der Waals surface area contributed by atoms with Crippen LogP contribution >= 0.6 is 0 Å². The molecule has 3 N–H and O–H groups in total. The molecule has 0 bridgehead atoms. The number of likely N-dealkylation sites (tertiary alicyclic amines) is 1. The molecule has 1 fully saturated rings. The van der Waals surface area contributed by atoms with Gasteiger partial charge in [0.1, 0.15) is 23.0 Å². The molecular weight excluding hydrogens is 501 g/mol. The highest BCUT2D eigenvalue weighted by atomic mass is 19.1. The lowest BCUT2D eigenvalue weighted by atomic mass is 10.1. The summed E-state index contributed by atoms with van der Waals surface area (Å²) >= 11 is 0. The molecule has 9 nitrogen and oxygen atoms in total. The lowest BCUT2D eigenvalue weighted by molar-refractivity contribution is -0.125. The molecule has 39 heavy (non-hydrogen) atoms. The van der Waals surface area contributed by atoms with Gasteiger partial charge in [0, 0.05) is 20.1 Å². The van der Waals surface area contributed by atoms with Gasteiger partial charge in [0.15, 0.2) is 0 Å². The highest BCUT2D eigenvalue weighted by molar-refractivity contribution is 6.21. The van der Waals surface area contributed by atoms with Gasteiger partial charge in [-0.15, -0.1) is 0 Å². The quantitative estimate of drug-likeness (QED) is 0.133. The van der Waals surface area contributed by atoms with Crippen LogP contribution in [0.4, 0.5) is 4.39 Å². The predicted molar refractivity (Wildman–Crippen MR) is 148 cm³/mol. The molecule has 210 valence electrons. The summed E-state index contributed by atoms with van der Waals surface area (Å²) in [5, 5.41) is 21.8. The van der Waals surface area contributed by atoms with E-state index in [0.29, 0.717) is 25.9 Å². The van der Waals surface area contributed by atoms with Gasteiger partial charge in [-0.2, -0.15) is 0 Å². The average molecular weight is 540 g/mol. The van der Waals surface area contributed by atoms with Gasteiger partial charge in [0.2, 0.25) is 12.8 Å². The Labute approximate surface area is 229 Å². The average Bonchev–Trinajstić information content (AvgIpc) is 2.96. The molecule has 1 aliphatic heterocycles. The number of aliphatic hydroxyl groups is 1. The first kappa shape index (κ1) is 31.2. The van der Waals surface area contributed by atoms with E-state index in [4.69, 9.17) is 5.41 Å². The van der Waals surface area contributed by atoms with Gasteiger partial charge in [-0.05, 0) is 56.1 Å². The second kappa shape index (κ2) is 16.7. The number of rotatable bonds is 11. The van der Waals surface area contributed by atoms with Crippen LogP contribution in [0.15, 0.2) is 65.9 Å². The highest BCUT2D eigenvalue weighted by Crippen LogP contribution is 2.16. The van der Waals surface area contributed by atoms with E-state index < -0.39 is 5.91 Å². The van der Waals surface area contributed by atoms with Crippen LogP contribution in [-0.2, 0) is 27.5 Å². The van der Waals surface area contributed by atoms with Crippen molar-refractivity contribution >= 4 is 24.6 Å². The predicted octanol–water partition coefficient (Wildman–Crippen LogP) is 3.47. The van der Waals surface area contributed by atoms with Gasteiger partial charge < -0.3 is 15.3 Å². The van der Waals surface area contributed by atoms with Gasteiger partial charge >= 0.3 is 0 Å². The molecule has 1 heterocycles. The van der Waals surface area contributed by atoms with Crippen molar-refractivity contribution in [2.24, 2.45) is 0 Å². The fourth-order valence-electron chi connectivity index (χ4n) is 3.96. The summed E-state index contributed by atoms with van der Waals surface area (Å²) in [4.78, 5) is 39.1. The topological polar surface area (TPSA) is 117 Å². The zero-order valence-electron chi connectivity index (χ0n) is 22.6. The first-order valence-electron chi connectivity index (χ1n) is 13.0. The summed E-state index contributed by atoms with van der Waals surface area (Å²) in [6, 6.07) is 15.3. The summed E-state index contributed by atoms with van der Waals surface area (Å²) in [7, 11) is 1.62. The van der Waals surface area contributed by atoms with Crippen molar-refractivity contribution in [2.75, 3.05) is 33.2 Å². The SMILES string of the molecule is CCN(C)C(=O)/C(C(=N)N(C=O)Cc1ccccc1)=C(\O)CN1CCCCC1.O=CNCc1ccc(F)cc1. The van der Waals surface area contributed by atoms with E-state index >= 15 is 0 Å². The number of likely N-dealkylation sites (N-methyl/N-ethyl adjacent to an activating group) is 1. The fourth-order valence-corrected chi connectivity index (χ4v) is 3.96. The number of carbonyl (C=O) groups excluding carboxylic acids is 3. The zero-order chi connectivity index (χ0) is 28.6. The zero-order valence-corrected chi connectivity index (χ0v) is 22.6. The molecular formula is C29H38FN5O4. The van der Waals surface area contributed by atoms with Gasteiger partial charge in [-0.3, -0.25) is 29.6 Å². The molecule has 0 aliphatic carbocycles. The number of hydrogen-bond acceptors (Lipinski definition) is 6. The molecule has 0 spiro atoms. The Balaban J connectivity index is 0.000000404. The maximum atomic E-state index is 12.9. The first-order chi connectivity index (χ1) is 18.8. The van der Waals surface area contributed by atoms with Crippen LogP contribution in [0.2, 0.25) is 0 Å². The number of aliphatic hydroxyl groups excluding tert-OH is 1. The standard InChI is InChI=1S/C21H30N4O3.C8H8FNO/c1-3-23(2)21(28)19(18(27)15-24-12-8-5-9-13-24)20(22)25(16-26)14-17-10-6-4-7-11-17;9-8-3-1-7(2-4-8)5-10-6-11/h4,6-7,10-11,16,22,27H,3,5,8-9,12-15H2,1-2H3;1-4,6H,5H2,(H,10,11)/b19-18-,22-20?;. The number of nitrogens with one attached hydrogen (secondary N) is 2. The third kappa shape index (κ3) is 10.3. The van der Waals surface area contributed by atoms with Gasteiger partial charge in [-0.25, -0.2) is 4.39 Å². The molecule has 3 rings (SSSR count). The molecule has 1 saturated heterocycles. The van der Waals surface area contributed by atoms with Crippen molar-refractivity contribution in [3.63, 3.8) is 0 Å². The van der Waals surface area contributed by atoms with E-state index in [1.165, 1.54) is 17.0 Å². The van der Waals surface area contributed by atoms with Crippen LogP contribution in [0.1, 0.15) is 37.3 Å². The number of piperidine rings is 1. The number of amidine groups is 1. The number of carbonyl (C=O) groups is 3. The second-order valence-electron chi connectivity index (χ2n) is 9.17. The van der Waals surface area contributed by atoms with E-state index in [2.05, 4.69) is 10.2 Å². The summed E-state index contributed by atoms with van der Waals surface area (Å²) in [5.41, 5.74) is 1.61. The number of halogens is 1. The van der Waals surface area contributed by atoms with E-state index in [9.17, 15) is 23.9 Å². The Morgan fingerprint density at radius 3 is 2.26 bits per heavy atom. The molecule has 0 saturated carbocycles. The van der Waals surface area contributed by atoms with Crippen LogP contribution in [0.3, 0.4) is 0 Å². The lowest BCUT2D eigenvalue weighted by Crippen LogP contribution is -2.40. The molecule has 0 unspecified atom stereocenters. The van der Waals surface area contributed by atoms with Crippen molar-refractivity contribution in [1.29, 1.82) is 5.41 Å². The minimum Gasteiger partial charge on any atom is -0.510 e.